The summed E-state index contributed by atoms with van der Waals surface area (Å²) in [6.45, 7) is 4.34. The van der Waals surface area contributed by atoms with E-state index < -0.39 is 21.6 Å². The molecule has 4 aromatic rings. The molecule has 8 heteroatoms. The topological polar surface area (TPSA) is 75.7 Å². The fourth-order valence-corrected chi connectivity index (χ4v) is 8.57. The van der Waals surface area contributed by atoms with E-state index in [1.807, 2.05) is 105 Å². The Morgan fingerprint density at radius 2 is 1.28 bits per heavy atom. The minimum atomic E-state index is -1.17. The highest BCUT2D eigenvalue weighted by atomic mass is 35.5. The molecule has 3 amide bonds. The van der Waals surface area contributed by atoms with E-state index in [2.05, 4.69) is 5.32 Å². The van der Waals surface area contributed by atoms with E-state index in [9.17, 15) is 14.4 Å². The van der Waals surface area contributed by atoms with Crippen LogP contribution >= 0.6 is 23.2 Å². The summed E-state index contributed by atoms with van der Waals surface area (Å²) in [4.78, 5) is 39.5. The van der Waals surface area contributed by atoms with Gasteiger partial charge in [-0.05, 0) is 90.4 Å². The molecule has 4 aliphatic rings. The zero-order chi connectivity index (χ0) is 32.2. The van der Waals surface area contributed by atoms with Gasteiger partial charge < -0.3 is 10.1 Å². The van der Waals surface area contributed by atoms with Crippen LogP contribution in [0.2, 0.25) is 0 Å². The summed E-state index contributed by atoms with van der Waals surface area (Å²) < 4.78 is 6.01. The standard InChI is InChI=1S/C38H34Cl2N2O4/c1-23-11-10-16-31(24(23)2)46-26-20-18-25(19-21-26)41-32(43)17-4-3-9-22-42-35(44)33-34(36(42)45)38(40)28-13-6-5-12-27(28)37(33,39)29-14-7-8-15-30(29)38/h5-8,10-16,18-21,33-34H,3-4,9,17,22H2,1-2H3,(H,41,43)/t33-,34-,37?,38?/m1/s1. The van der Waals surface area contributed by atoms with Crippen LogP contribution in [0.4, 0.5) is 5.69 Å². The molecule has 1 fully saturated rings. The molecule has 2 bridgehead atoms. The number of anilines is 1. The maximum absolute atomic E-state index is 13.9. The Morgan fingerprint density at radius 1 is 0.739 bits per heavy atom. The number of likely N-dealkylation sites (tertiary alicyclic amines) is 1. The Morgan fingerprint density at radius 3 is 1.83 bits per heavy atom. The molecular formula is C38H34Cl2N2O4. The second kappa shape index (κ2) is 11.6. The summed E-state index contributed by atoms with van der Waals surface area (Å²) in [6.07, 6.45) is 2.21. The maximum atomic E-state index is 13.9. The van der Waals surface area contributed by atoms with Crippen LogP contribution in [0, 0.1) is 25.7 Å². The first kappa shape index (κ1) is 30.5. The van der Waals surface area contributed by atoms with Crippen LogP contribution in [0.3, 0.4) is 0 Å². The quantitative estimate of drug-likeness (QED) is 0.112. The number of carbonyl (C=O) groups excluding carboxylic acids is 3. The zero-order valence-electron chi connectivity index (χ0n) is 25.7. The number of hydrogen-bond acceptors (Lipinski definition) is 4. The number of ether oxygens (including phenoxy) is 1. The van der Waals surface area contributed by atoms with E-state index in [4.69, 9.17) is 27.9 Å². The maximum Gasteiger partial charge on any atom is 0.235 e. The second-order valence-electron chi connectivity index (χ2n) is 12.5. The number of nitrogens with zero attached hydrogens (tertiary/aromatic N) is 1. The van der Waals surface area contributed by atoms with Gasteiger partial charge in [-0.3, -0.25) is 19.3 Å². The monoisotopic (exact) mass is 652 g/mol. The Balaban J connectivity index is 0.951. The van der Waals surface area contributed by atoms with Gasteiger partial charge >= 0.3 is 0 Å². The number of amides is 3. The van der Waals surface area contributed by atoms with Gasteiger partial charge in [0.05, 0.1) is 11.8 Å². The van der Waals surface area contributed by atoms with Crippen molar-refractivity contribution in [2.45, 2.75) is 49.3 Å². The summed E-state index contributed by atoms with van der Waals surface area (Å²) in [5, 5.41) is 2.93. The minimum Gasteiger partial charge on any atom is -0.457 e. The zero-order valence-corrected chi connectivity index (χ0v) is 27.2. The van der Waals surface area contributed by atoms with Gasteiger partial charge in [0.2, 0.25) is 17.7 Å². The number of hydrogen-bond donors (Lipinski definition) is 1. The van der Waals surface area contributed by atoms with Crippen molar-refractivity contribution in [2.24, 2.45) is 11.8 Å². The average Bonchev–Trinajstić information content (AvgIpc) is 3.32. The van der Waals surface area contributed by atoms with Crippen LogP contribution < -0.4 is 10.1 Å². The first-order chi connectivity index (χ1) is 22.2. The summed E-state index contributed by atoms with van der Waals surface area (Å²) in [6, 6.07) is 28.5. The normalized spacial score (nSPS) is 24.0. The highest BCUT2D eigenvalue weighted by molar-refractivity contribution is 6.36. The number of halogens is 2. The highest BCUT2D eigenvalue weighted by Crippen LogP contribution is 2.69. The Hall–Kier alpha value is -4.13. The molecule has 8 rings (SSSR count). The third-order valence-corrected chi connectivity index (χ3v) is 11.2. The van der Waals surface area contributed by atoms with Gasteiger partial charge in [-0.25, -0.2) is 0 Å². The Labute approximate surface area is 278 Å². The van der Waals surface area contributed by atoms with Gasteiger partial charge in [0.15, 0.2) is 0 Å². The van der Waals surface area contributed by atoms with Crippen LogP contribution in [-0.2, 0) is 24.1 Å². The number of rotatable bonds is 9. The van der Waals surface area contributed by atoms with Crippen LogP contribution in [0.1, 0.15) is 59.1 Å². The van der Waals surface area contributed by atoms with Crippen molar-refractivity contribution >= 4 is 46.6 Å². The van der Waals surface area contributed by atoms with E-state index in [1.54, 1.807) is 0 Å². The molecule has 234 valence electrons. The molecule has 46 heavy (non-hydrogen) atoms. The van der Waals surface area contributed by atoms with Crippen molar-refractivity contribution in [3.8, 4) is 11.5 Å². The van der Waals surface area contributed by atoms with Crippen LogP contribution in [-0.4, -0.2) is 29.2 Å². The third kappa shape index (κ3) is 4.65. The Kier molecular flexibility index (Phi) is 7.69. The van der Waals surface area contributed by atoms with Crippen LogP contribution in [0.5, 0.6) is 11.5 Å². The number of aryl methyl sites for hydroxylation is 1. The lowest BCUT2D eigenvalue weighted by Crippen LogP contribution is -2.57. The van der Waals surface area contributed by atoms with Gasteiger partial charge in [0.25, 0.3) is 0 Å². The molecule has 0 aromatic heterocycles. The van der Waals surface area contributed by atoms with E-state index in [1.165, 1.54) is 4.90 Å². The molecule has 2 atom stereocenters. The molecule has 1 aliphatic heterocycles. The number of nitrogens with one attached hydrogen (secondary N) is 1. The lowest BCUT2D eigenvalue weighted by atomic mass is 9.54. The molecule has 6 nitrogen and oxygen atoms in total. The fraction of sp³-hybridized carbons (Fsp3) is 0.289. The number of imide groups is 1. The first-order valence-electron chi connectivity index (χ1n) is 15.7. The predicted molar refractivity (Wildman–Crippen MR) is 179 cm³/mol. The average molecular weight is 654 g/mol. The molecule has 4 aromatic carbocycles. The lowest BCUT2D eigenvalue weighted by molar-refractivity contribution is -0.140. The van der Waals surface area contributed by atoms with E-state index in [-0.39, 0.29) is 24.3 Å². The van der Waals surface area contributed by atoms with Crippen molar-refractivity contribution in [1.82, 2.24) is 4.90 Å². The summed E-state index contributed by atoms with van der Waals surface area (Å²) in [7, 11) is 0. The van der Waals surface area contributed by atoms with Crippen LogP contribution in [0.25, 0.3) is 0 Å². The highest BCUT2D eigenvalue weighted by Gasteiger charge is 2.72. The van der Waals surface area contributed by atoms with E-state index in [0.717, 1.165) is 39.1 Å². The minimum absolute atomic E-state index is 0.0946. The number of unbranched alkanes of at least 4 members (excludes halogenated alkanes) is 2. The van der Waals surface area contributed by atoms with Gasteiger partial charge in [-0.1, -0.05) is 67.1 Å². The second-order valence-corrected chi connectivity index (χ2v) is 13.7. The fourth-order valence-electron chi connectivity index (χ4n) is 7.47. The molecule has 0 radical (unpaired) electrons. The molecule has 3 aliphatic carbocycles. The van der Waals surface area contributed by atoms with Crippen molar-refractivity contribution in [3.05, 3.63) is 124 Å². The van der Waals surface area contributed by atoms with Gasteiger partial charge in [-0.2, -0.15) is 0 Å². The van der Waals surface area contributed by atoms with Gasteiger partial charge in [-0.15, -0.1) is 23.2 Å². The Bertz CT molecular complexity index is 1750. The number of carbonyl (C=O) groups is 3. The van der Waals surface area contributed by atoms with Crippen molar-refractivity contribution < 1.29 is 19.1 Å². The molecular weight excluding hydrogens is 619 g/mol. The molecule has 1 heterocycles. The smallest absolute Gasteiger partial charge is 0.235 e. The molecule has 0 spiro atoms. The third-order valence-electron chi connectivity index (χ3n) is 9.88. The summed E-state index contributed by atoms with van der Waals surface area (Å²) in [5.41, 5.74) is 6.12. The number of benzene rings is 4. The van der Waals surface area contributed by atoms with Crippen molar-refractivity contribution in [3.63, 3.8) is 0 Å². The summed E-state index contributed by atoms with van der Waals surface area (Å²) >= 11 is 15.0. The first-order valence-corrected chi connectivity index (χ1v) is 16.5. The van der Waals surface area contributed by atoms with Gasteiger partial charge in [0.1, 0.15) is 21.2 Å². The molecule has 0 saturated carbocycles. The molecule has 1 N–H and O–H groups in total. The van der Waals surface area contributed by atoms with E-state index in [0.29, 0.717) is 37.1 Å². The largest absolute Gasteiger partial charge is 0.457 e. The lowest BCUT2D eigenvalue weighted by Gasteiger charge is -2.54. The van der Waals surface area contributed by atoms with E-state index >= 15 is 0 Å². The van der Waals surface area contributed by atoms with Crippen LogP contribution in [0.15, 0.2) is 91.0 Å². The predicted octanol–water partition coefficient (Wildman–Crippen LogP) is 8.19. The van der Waals surface area contributed by atoms with Crippen molar-refractivity contribution in [2.75, 3.05) is 11.9 Å². The SMILES string of the molecule is Cc1cccc(Oc2ccc(NC(=O)CCCCCN3C(=O)[C@H]4[C@H](C3=O)C3(Cl)c5ccccc5C4(Cl)c4ccccc43)cc2)c1C. The summed E-state index contributed by atoms with van der Waals surface area (Å²) in [5.74, 6) is -0.718. The van der Waals surface area contributed by atoms with Crippen molar-refractivity contribution in [1.29, 1.82) is 0 Å². The molecule has 0 unspecified atom stereocenters. The number of alkyl halides is 2. The molecule has 1 saturated heterocycles. The van der Waals surface area contributed by atoms with Gasteiger partial charge in [0, 0.05) is 18.7 Å².